The third-order valence-corrected chi connectivity index (χ3v) is 1.99. The third-order valence-electron chi connectivity index (χ3n) is 1.99. The number of nitrogens with zero attached hydrogens (tertiary/aromatic N) is 1. The van der Waals surface area contributed by atoms with Gasteiger partial charge >= 0.3 is 0 Å². The molecule has 0 radical (unpaired) electrons. The molecule has 0 fully saturated rings. The van der Waals surface area contributed by atoms with Crippen molar-refractivity contribution in [3.05, 3.63) is 29.1 Å². The lowest BCUT2D eigenvalue weighted by molar-refractivity contribution is 0.111. The zero-order valence-corrected chi connectivity index (χ0v) is 7.82. The standard InChI is InChI=1S/C10H11NO3/c1-3-9-7(4-12)8(5-13)10(14)6(2)11-9/h3,5,12,14H,1,4H2,2H3. The molecule has 0 saturated heterocycles. The molecule has 0 spiro atoms. The van der Waals surface area contributed by atoms with E-state index in [-0.39, 0.29) is 17.9 Å². The van der Waals surface area contributed by atoms with E-state index in [4.69, 9.17) is 5.11 Å². The van der Waals surface area contributed by atoms with E-state index < -0.39 is 0 Å². The average molecular weight is 193 g/mol. The second-order valence-electron chi connectivity index (χ2n) is 2.80. The minimum absolute atomic E-state index is 0.0786. The van der Waals surface area contributed by atoms with Crippen LogP contribution >= 0.6 is 0 Å². The monoisotopic (exact) mass is 193 g/mol. The molecule has 0 bridgehead atoms. The van der Waals surface area contributed by atoms with E-state index >= 15 is 0 Å². The molecule has 0 saturated carbocycles. The summed E-state index contributed by atoms with van der Waals surface area (Å²) in [6.45, 7) is 4.74. The number of aromatic hydroxyl groups is 1. The number of aryl methyl sites for hydroxylation is 1. The molecular formula is C10H11NO3. The fourth-order valence-corrected chi connectivity index (χ4v) is 1.24. The van der Waals surface area contributed by atoms with Crippen LogP contribution in [0.3, 0.4) is 0 Å². The van der Waals surface area contributed by atoms with Crippen LogP contribution in [0, 0.1) is 6.92 Å². The molecule has 0 atom stereocenters. The number of pyridine rings is 1. The molecule has 0 aliphatic carbocycles. The smallest absolute Gasteiger partial charge is 0.154 e. The molecule has 0 amide bonds. The van der Waals surface area contributed by atoms with Crippen molar-refractivity contribution in [2.75, 3.05) is 0 Å². The van der Waals surface area contributed by atoms with Crippen molar-refractivity contribution in [2.45, 2.75) is 13.5 Å². The van der Waals surface area contributed by atoms with E-state index in [0.717, 1.165) is 0 Å². The van der Waals surface area contributed by atoms with Crippen LogP contribution in [0.4, 0.5) is 0 Å². The first kappa shape index (κ1) is 10.4. The summed E-state index contributed by atoms with van der Waals surface area (Å²) in [5, 5.41) is 18.5. The Morgan fingerprint density at radius 3 is 2.64 bits per heavy atom. The van der Waals surface area contributed by atoms with Crippen LogP contribution in [0.5, 0.6) is 5.75 Å². The van der Waals surface area contributed by atoms with Gasteiger partial charge in [0.2, 0.25) is 0 Å². The highest BCUT2D eigenvalue weighted by atomic mass is 16.3. The first-order chi connectivity index (χ1) is 6.65. The first-order valence-electron chi connectivity index (χ1n) is 4.06. The van der Waals surface area contributed by atoms with Gasteiger partial charge in [-0.25, -0.2) is 4.98 Å². The van der Waals surface area contributed by atoms with Gasteiger partial charge in [0.15, 0.2) is 6.29 Å². The predicted molar refractivity (Wildman–Crippen MR) is 52.0 cm³/mol. The van der Waals surface area contributed by atoms with Crippen molar-refractivity contribution < 1.29 is 15.0 Å². The second-order valence-corrected chi connectivity index (χ2v) is 2.80. The molecule has 1 heterocycles. The Balaban J connectivity index is 3.57. The number of carbonyl (C=O) groups is 1. The summed E-state index contributed by atoms with van der Waals surface area (Å²) in [5.41, 5.74) is 1.15. The Morgan fingerprint density at radius 1 is 1.57 bits per heavy atom. The molecule has 0 aliphatic rings. The van der Waals surface area contributed by atoms with Crippen LogP contribution in [0.15, 0.2) is 6.58 Å². The number of aldehydes is 1. The quantitative estimate of drug-likeness (QED) is 0.704. The summed E-state index contributed by atoms with van der Waals surface area (Å²) in [5.74, 6) is -0.186. The van der Waals surface area contributed by atoms with Gasteiger partial charge in [-0.15, -0.1) is 0 Å². The third kappa shape index (κ3) is 1.52. The van der Waals surface area contributed by atoms with Crippen LogP contribution in [0.1, 0.15) is 27.3 Å². The maximum Gasteiger partial charge on any atom is 0.154 e. The number of rotatable bonds is 3. The maximum atomic E-state index is 10.7. The number of aliphatic hydroxyl groups excluding tert-OH is 1. The number of aromatic nitrogens is 1. The summed E-state index contributed by atoms with van der Waals surface area (Å²) in [6, 6.07) is 0. The van der Waals surface area contributed by atoms with Crippen molar-refractivity contribution in [3.63, 3.8) is 0 Å². The predicted octanol–water partition coefficient (Wildman–Crippen LogP) is 1.04. The maximum absolute atomic E-state index is 10.7. The van der Waals surface area contributed by atoms with Gasteiger partial charge < -0.3 is 10.2 Å². The lowest BCUT2D eigenvalue weighted by Gasteiger charge is -2.09. The van der Waals surface area contributed by atoms with Crippen molar-refractivity contribution in [3.8, 4) is 5.75 Å². The van der Waals surface area contributed by atoms with Gasteiger partial charge in [-0.2, -0.15) is 0 Å². The molecule has 2 N–H and O–H groups in total. The SMILES string of the molecule is C=Cc1nc(C)c(O)c(C=O)c1CO. The van der Waals surface area contributed by atoms with E-state index in [2.05, 4.69) is 11.6 Å². The Kier molecular flexibility index (Phi) is 2.99. The highest BCUT2D eigenvalue weighted by molar-refractivity contribution is 5.83. The topological polar surface area (TPSA) is 70.4 Å². The Labute approximate surface area is 81.5 Å². The van der Waals surface area contributed by atoms with Crippen molar-refractivity contribution in [1.82, 2.24) is 4.98 Å². The van der Waals surface area contributed by atoms with Gasteiger partial charge in [0.1, 0.15) is 5.75 Å². The minimum atomic E-state index is -0.351. The van der Waals surface area contributed by atoms with E-state index in [0.29, 0.717) is 23.2 Å². The fourth-order valence-electron chi connectivity index (χ4n) is 1.24. The van der Waals surface area contributed by atoms with Gasteiger partial charge in [-0.05, 0) is 13.0 Å². The molecule has 74 valence electrons. The number of hydrogen-bond donors (Lipinski definition) is 2. The lowest BCUT2D eigenvalue weighted by atomic mass is 10.1. The Bertz CT molecular complexity index is 385. The van der Waals surface area contributed by atoms with Gasteiger partial charge in [-0.3, -0.25) is 4.79 Å². The zero-order chi connectivity index (χ0) is 10.7. The largest absolute Gasteiger partial charge is 0.505 e. The summed E-state index contributed by atoms with van der Waals surface area (Å²) in [7, 11) is 0. The van der Waals surface area contributed by atoms with E-state index in [1.54, 1.807) is 6.92 Å². The minimum Gasteiger partial charge on any atom is -0.505 e. The van der Waals surface area contributed by atoms with Crippen molar-refractivity contribution in [1.29, 1.82) is 0 Å². The second kappa shape index (κ2) is 4.02. The lowest BCUT2D eigenvalue weighted by Crippen LogP contribution is -2.02. The highest BCUT2D eigenvalue weighted by Crippen LogP contribution is 2.25. The number of carbonyl (C=O) groups excluding carboxylic acids is 1. The van der Waals surface area contributed by atoms with Crippen LogP contribution in [0.2, 0.25) is 0 Å². The van der Waals surface area contributed by atoms with Crippen LogP contribution in [-0.4, -0.2) is 21.5 Å². The van der Waals surface area contributed by atoms with Crippen LogP contribution in [-0.2, 0) is 6.61 Å². The van der Waals surface area contributed by atoms with Crippen LogP contribution in [0.25, 0.3) is 6.08 Å². The fraction of sp³-hybridized carbons (Fsp3) is 0.200. The zero-order valence-electron chi connectivity index (χ0n) is 7.82. The van der Waals surface area contributed by atoms with E-state index in [1.165, 1.54) is 6.08 Å². The molecular weight excluding hydrogens is 182 g/mol. The van der Waals surface area contributed by atoms with Crippen molar-refractivity contribution in [2.24, 2.45) is 0 Å². The van der Waals surface area contributed by atoms with E-state index in [9.17, 15) is 9.90 Å². The van der Waals surface area contributed by atoms with Crippen molar-refractivity contribution >= 4 is 12.4 Å². The summed E-state index contributed by atoms with van der Waals surface area (Å²) in [4.78, 5) is 14.7. The number of hydrogen-bond acceptors (Lipinski definition) is 4. The Hall–Kier alpha value is -1.68. The summed E-state index contributed by atoms with van der Waals surface area (Å²) >= 11 is 0. The molecule has 14 heavy (non-hydrogen) atoms. The highest BCUT2D eigenvalue weighted by Gasteiger charge is 2.14. The Morgan fingerprint density at radius 2 is 2.21 bits per heavy atom. The molecule has 1 aromatic rings. The van der Waals surface area contributed by atoms with Gasteiger partial charge in [0.25, 0.3) is 0 Å². The molecule has 4 heteroatoms. The van der Waals surface area contributed by atoms with Crippen LogP contribution < -0.4 is 0 Å². The molecule has 1 rings (SSSR count). The molecule has 0 aromatic carbocycles. The molecule has 4 nitrogen and oxygen atoms in total. The molecule has 0 unspecified atom stereocenters. The number of aliphatic hydroxyl groups is 1. The summed E-state index contributed by atoms with van der Waals surface area (Å²) < 4.78 is 0. The molecule has 0 aliphatic heterocycles. The van der Waals surface area contributed by atoms with E-state index in [1.807, 2.05) is 0 Å². The van der Waals surface area contributed by atoms with Gasteiger partial charge in [-0.1, -0.05) is 6.58 Å². The average Bonchev–Trinajstić information content (AvgIpc) is 2.20. The normalized spacial score (nSPS) is 9.86. The first-order valence-corrected chi connectivity index (χ1v) is 4.06. The van der Waals surface area contributed by atoms with Gasteiger partial charge in [0.05, 0.1) is 23.6 Å². The summed E-state index contributed by atoms with van der Waals surface area (Å²) in [6.07, 6.45) is 1.94. The molecule has 1 aromatic heterocycles. The van der Waals surface area contributed by atoms with Gasteiger partial charge in [0, 0.05) is 5.56 Å².